The average molecular weight is 180 g/mol. The van der Waals surface area contributed by atoms with Crippen LogP contribution in [0.2, 0.25) is 0 Å². The fourth-order valence-electron chi connectivity index (χ4n) is 0.211. The maximum absolute atomic E-state index is 10.1. The van der Waals surface area contributed by atoms with E-state index in [1.807, 2.05) is 6.92 Å². The first-order chi connectivity index (χ1) is 4.90. The Kier molecular flexibility index (Phi) is 7.67. The molecule has 0 saturated carbocycles. The van der Waals surface area contributed by atoms with Gasteiger partial charge in [0.25, 0.3) is 10.1 Å². The maximum Gasteiger partial charge on any atom is 0.267 e. The van der Waals surface area contributed by atoms with Gasteiger partial charge in [-0.25, -0.2) is 0 Å². The molecule has 1 atom stereocenters. The summed E-state index contributed by atoms with van der Waals surface area (Å²) >= 11 is 0. The molecule has 0 aromatic heterocycles. The second kappa shape index (κ2) is 6.37. The minimum absolute atomic E-state index is 0.457. The molecule has 0 spiro atoms. The van der Waals surface area contributed by atoms with Crippen LogP contribution in [0, 0.1) is 0 Å². The molecule has 0 heterocycles. The van der Waals surface area contributed by atoms with Gasteiger partial charge in [0.05, 0.1) is 5.25 Å². The molecule has 68 valence electrons. The van der Waals surface area contributed by atoms with E-state index in [1.165, 1.54) is 6.92 Å². The summed E-state index contributed by atoms with van der Waals surface area (Å²) in [6, 6.07) is 0. The second-order valence-corrected chi connectivity index (χ2v) is 3.98. The first kappa shape index (κ1) is 13.3. The quantitative estimate of drug-likeness (QED) is 0.521. The monoisotopic (exact) mass is 180 g/mol. The normalized spacial score (nSPS) is 12.7. The van der Waals surface area contributed by atoms with Crippen LogP contribution in [0.3, 0.4) is 0 Å². The van der Waals surface area contributed by atoms with E-state index in [1.54, 1.807) is 13.0 Å². The minimum Gasteiger partial charge on any atom is -0.285 e. The van der Waals surface area contributed by atoms with Crippen LogP contribution in [0.1, 0.15) is 27.2 Å². The van der Waals surface area contributed by atoms with Crippen molar-refractivity contribution in [3.8, 4) is 0 Å². The Balaban J connectivity index is 0. The zero-order valence-electron chi connectivity index (χ0n) is 7.24. The van der Waals surface area contributed by atoms with Crippen LogP contribution in [-0.4, -0.2) is 18.2 Å². The molecule has 0 fully saturated rings. The molecule has 0 aliphatic rings. The molecule has 1 unspecified atom stereocenters. The molecule has 3 nitrogen and oxygen atoms in total. The highest BCUT2D eigenvalue weighted by molar-refractivity contribution is 7.86. The molecule has 1 N–H and O–H groups in total. The number of allylic oxidation sites excluding steroid dienone is 1. The summed E-state index contributed by atoms with van der Waals surface area (Å²) in [5.74, 6) is 0. The van der Waals surface area contributed by atoms with E-state index < -0.39 is 15.4 Å². The lowest BCUT2D eigenvalue weighted by Crippen LogP contribution is -2.14. The van der Waals surface area contributed by atoms with Gasteiger partial charge < -0.3 is 0 Å². The van der Waals surface area contributed by atoms with Crippen LogP contribution in [0.15, 0.2) is 12.7 Å². The molecule has 11 heavy (non-hydrogen) atoms. The van der Waals surface area contributed by atoms with E-state index >= 15 is 0 Å². The summed E-state index contributed by atoms with van der Waals surface area (Å²) in [5.41, 5.74) is 0. The van der Waals surface area contributed by atoms with Crippen LogP contribution in [0.5, 0.6) is 0 Å². The molecule has 0 aromatic rings. The van der Waals surface area contributed by atoms with Gasteiger partial charge in [-0.2, -0.15) is 8.42 Å². The Morgan fingerprint density at radius 2 is 1.91 bits per heavy atom. The van der Waals surface area contributed by atoms with E-state index in [4.69, 9.17) is 4.55 Å². The zero-order valence-corrected chi connectivity index (χ0v) is 8.06. The minimum atomic E-state index is -3.75. The Morgan fingerprint density at radius 3 is 1.91 bits per heavy atom. The SMILES string of the molecule is C=CC.CCC(C)S(=O)(=O)O. The summed E-state index contributed by atoms with van der Waals surface area (Å²) < 4.78 is 28.5. The van der Waals surface area contributed by atoms with Gasteiger partial charge in [0.15, 0.2) is 0 Å². The zero-order chi connectivity index (χ0) is 9.49. The van der Waals surface area contributed by atoms with Gasteiger partial charge in [-0.3, -0.25) is 4.55 Å². The Labute approximate surface area is 68.9 Å². The predicted molar refractivity (Wildman–Crippen MR) is 47.2 cm³/mol. The van der Waals surface area contributed by atoms with E-state index in [2.05, 4.69) is 6.58 Å². The highest BCUT2D eigenvalue weighted by atomic mass is 32.2. The van der Waals surface area contributed by atoms with Crippen molar-refractivity contribution in [1.82, 2.24) is 0 Å². The first-order valence-electron chi connectivity index (χ1n) is 3.43. The number of hydrogen-bond acceptors (Lipinski definition) is 2. The van der Waals surface area contributed by atoms with Gasteiger partial charge in [-0.1, -0.05) is 13.0 Å². The van der Waals surface area contributed by atoms with Crippen LogP contribution >= 0.6 is 0 Å². The Hall–Kier alpha value is -0.350. The van der Waals surface area contributed by atoms with E-state index in [-0.39, 0.29) is 0 Å². The van der Waals surface area contributed by atoms with Crippen LogP contribution in [0.4, 0.5) is 0 Å². The first-order valence-corrected chi connectivity index (χ1v) is 4.93. The average Bonchev–Trinajstić information content (AvgIpc) is 1.86. The molecule has 0 bridgehead atoms. The molecule has 0 aromatic carbocycles. The van der Waals surface area contributed by atoms with Gasteiger partial charge in [-0.05, 0) is 20.3 Å². The number of rotatable bonds is 2. The molecular formula is C7H16O3S. The largest absolute Gasteiger partial charge is 0.285 e. The topological polar surface area (TPSA) is 54.4 Å². The standard InChI is InChI=1S/C4H10O3S.C3H6/c1-3-4(2)8(5,6)7;1-3-2/h4H,3H2,1-2H3,(H,5,6,7);3H,1H2,2H3. The molecule has 0 aliphatic carbocycles. The summed E-state index contributed by atoms with van der Waals surface area (Å²) in [7, 11) is -3.75. The third kappa shape index (κ3) is 9.65. The van der Waals surface area contributed by atoms with Gasteiger partial charge in [0.2, 0.25) is 0 Å². The molecule has 0 radical (unpaired) electrons. The van der Waals surface area contributed by atoms with Crippen molar-refractivity contribution in [3.63, 3.8) is 0 Å². The lowest BCUT2D eigenvalue weighted by molar-refractivity contribution is 0.468. The van der Waals surface area contributed by atoms with E-state index in [9.17, 15) is 8.42 Å². The summed E-state index contributed by atoms with van der Waals surface area (Å²) in [6.45, 7) is 8.42. The van der Waals surface area contributed by atoms with Gasteiger partial charge >= 0.3 is 0 Å². The van der Waals surface area contributed by atoms with Crippen molar-refractivity contribution in [2.24, 2.45) is 0 Å². The van der Waals surface area contributed by atoms with Crippen molar-refractivity contribution >= 4 is 10.1 Å². The van der Waals surface area contributed by atoms with Crippen molar-refractivity contribution in [2.75, 3.05) is 0 Å². The molecule has 0 saturated heterocycles. The van der Waals surface area contributed by atoms with Crippen LogP contribution in [0.25, 0.3) is 0 Å². The van der Waals surface area contributed by atoms with E-state index in [0.29, 0.717) is 6.42 Å². The second-order valence-electron chi connectivity index (χ2n) is 2.14. The fraction of sp³-hybridized carbons (Fsp3) is 0.714. The van der Waals surface area contributed by atoms with Crippen LogP contribution in [-0.2, 0) is 10.1 Å². The van der Waals surface area contributed by atoms with Crippen molar-refractivity contribution in [1.29, 1.82) is 0 Å². The lowest BCUT2D eigenvalue weighted by atomic mass is 10.4. The smallest absolute Gasteiger partial charge is 0.267 e. The Morgan fingerprint density at radius 1 is 1.64 bits per heavy atom. The molecule has 0 rings (SSSR count). The summed E-state index contributed by atoms with van der Waals surface area (Å²) in [5, 5.41) is -0.623. The molecule has 0 aliphatic heterocycles. The molecule has 4 heteroatoms. The van der Waals surface area contributed by atoms with Gasteiger partial charge in [0, 0.05) is 0 Å². The van der Waals surface area contributed by atoms with Crippen LogP contribution < -0.4 is 0 Å². The van der Waals surface area contributed by atoms with Crippen molar-refractivity contribution in [3.05, 3.63) is 12.7 Å². The predicted octanol–water partition coefficient (Wildman–Crippen LogP) is 1.87. The molecular weight excluding hydrogens is 164 g/mol. The van der Waals surface area contributed by atoms with Crippen molar-refractivity contribution in [2.45, 2.75) is 32.4 Å². The number of hydrogen-bond donors (Lipinski definition) is 1. The third-order valence-electron chi connectivity index (χ3n) is 1.08. The fourth-order valence-corrected chi connectivity index (χ4v) is 0.632. The molecule has 0 amide bonds. The van der Waals surface area contributed by atoms with Gasteiger partial charge in [-0.15, -0.1) is 6.58 Å². The summed E-state index contributed by atoms with van der Waals surface area (Å²) in [4.78, 5) is 0. The maximum atomic E-state index is 10.1. The third-order valence-corrected chi connectivity index (χ3v) is 2.43. The lowest BCUT2D eigenvalue weighted by Gasteiger charge is -2.00. The Bertz CT molecular complexity index is 182. The highest BCUT2D eigenvalue weighted by Crippen LogP contribution is 1.99. The van der Waals surface area contributed by atoms with Gasteiger partial charge in [0.1, 0.15) is 0 Å². The van der Waals surface area contributed by atoms with Crippen molar-refractivity contribution < 1.29 is 13.0 Å². The van der Waals surface area contributed by atoms with E-state index in [0.717, 1.165) is 0 Å². The highest BCUT2D eigenvalue weighted by Gasteiger charge is 2.13. The summed E-state index contributed by atoms with van der Waals surface area (Å²) in [6.07, 6.45) is 2.21.